The topological polar surface area (TPSA) is 105 Å². The summed E-state index contributed by atoms with van der Waals surface area (Å²) in [5.41, 5.74) is 5.24. The number of piperidine rings is 1. The number of nitrogens with zero attached hydrogens (tertiary/aromatic N) is 1. The fourth-order valence-electron chi connectivity index (χ4n) is 2.65. The standard InChI is InChI=1S/C13H25N3O4/c1-20-13(19)6-10-5-11(15-3-2-4-17)8-16(7-10)9-12(14)18/h10-11,15,17H,2-9H2,1H3,(H2,14,18). The van der Waals surface area contributed by atoms with Gasteiger partial charge < -0.3 is 20.9 Å². The number of amides is 1. The van der Waals surface area contributed by atoms with Gasteiger partial charge in [-0.25, -0.2) is 0 Å². The van der Waals surface area contributed by atoms with Crippen molar-refractivity contribution in [2.45, 2.75) is 25.3 Å². The molecule has 1 amide bonds. The second-order valence-corrected chi connectivity index (χ2v) is 5.27. The van der Waals surface area contributed by atoms with Crippen LogP contribution in [-0.4, -0.2) is 67.8 Å². The van der Waals surface area contributed by atoms with Gasteiger partial charge in [-0.3, -0.25) is 14.5 Å². The molecule has 0 saturated carbocycles. The van der Waals surface area contributed by atoms with Crippen molar-refractivity contribution in [1.29, 1.82) is 0 Å². The van der Waals surface area contributed by atoms with Gasteiger partial charge in [0.05, 0.1) is 13.7 Å². The molecular weight excluding hydrogens is 262 g/mol. The highest BCUT2D eigenvalue weighted by molar-refractivity contribution is 5.76. The van der Waals surface area contributed by atoms with E-state index in [9.17, 15) is 9.59 Å². The second kappa shape index (κ2) is 8.89. The molecule has 116 valence electrons. The van der Waals surface area contributed by atoms with Crippen molar-refractivity contribution in [3.63, 3.8) is 0 Å². The summed E-state index contributed by atoms with van der Waals surface area (Å²) in [4.78, 5) is 24.4. The molecule has 2 unspecified atom stereocenters. The normalized spacial score (nSPS) is 23.5. The zero-order chi connectivity index (χ0) is 15.0. The number of likely N-dealkylation sites (tertiary alicyclic amines) is 1. The zero-order valence-corrected chi connectivity index (χ0v) is 12.0. The Balaban J connectivity index is 2.52. The van der Waals surface area contributed by atoms with Gasteiger partial charge in [0.1, 0.15) is 0 Å². The number of rotatable bonds is 8. The van der Waals surface area contributed by atoms with Crippen LogP contribution in [0.3, 0.4) is 0 Å². The van der Waals surface area contributed by atoms with E-state index in [0.29, 0.717) is 19.4 Å². The number of nitrogens with two attached hydrogens (primary N) is 1. The smallest absolute Gasteiger partial charge is 0.305 e. The van der Waals surface area contributed by atoms with Crippen LogP contribution >= 0.6 is 0 Å². The average molecular weight is 287 g/mol. The largest absolute Gasteiger partial charge is 0.469 e. The summed E-state index contributed by atoms with van der Waals surface area (Å²) >= 11 is 0. The van der Waals surface area contributed by atoms with Crippen LogP contribution in [0.4, 0.5) is 0 Å². The van der Waals surface area contributed by atoms with Gasteiger partial charge in [-0.2, -0.15) is 0 Å². The number of methoxy groups -OCH3 is 1. The molecule has 7 nitrogen and oxygen atoms in total. The summed E-state index contributed by atoms with van der Waals surface area (Å²) in [6.45, 7) is 2.48. The Morgan fingerprint density at radius 1 is 1.45 bits per heavy atom. The van der Waals surface area contributed by atoms with Gasteiger partial charge in [-0.05, 0) is 25.3 Å². The first-order chi connectivity index (χ1) is 9.55. The van der Waals surface area contributed by atoms with Crippen molar-refractivity contribution >= 4 is 11.9 Å². The van der Waals surface area contributed by atoms with Crippen molar-refractivity contribution in [2.75, 3.05) is 39.9 Å². The summed E-state index contributed by atoms with van der Waals surface area (Å²) in [7, 11) is 1.38. The van der Waals surface area contributed by atoms with Crippen molar-refractivity contribution in [2.24, 2.45) is 11.7 Å². The lowest BCUT2D eigenvalue weighted by Crippen LogP contribution is -2.51. The van der Waals surface area contributed by atoms with Crippen LogP contribution in [-0.2, 0) is 14.3 Å². The maximum atomic E-state index is 11.4. The molecule has 0 aromatic carbocycles. The molecule has 4 N–H and O–H groups in total. The van der Waals surface area contributed by atoms with E-state index in [2.05, 4.69) is 5.32 Å². The highest BCUT2D eigenvalue weighted by atomic mass is 16.5. The predicted molar refractivity (Wildman–Crippen MR) is 73.9 cm³/mol. The van der Waals surface area contributed by atoms with Crippen molar-refractivity contribution < 1.29 is 19.4 Å². The minimum absolute atomic E-state index is 0.149. The van der Waals surface area contributed by atoms with Crippen LogP contribution in [0.2, 0.25) is 0 Å². The number of aliphatic hydroxyl groups is 1. The Bertz CT molecular complexity index is 325. The summed E-state index contributed by atoms with van der Waals surface area (Å²) in [6.07, 6.45) is 1.90. The third kappa shape index (κ3) is 6.31. The number of primary amides is 1. The first kappa shape index (κ1) is 16.9. The number of aliphatic hydroxyl groups excluding tert-OH is 1. The Morgan fingerprint density at radius 2 is 2.20 bits per heavy atom. The molecule has 2 atom stereocenters. The average Bonchev–Trinajstić information content (AvgIpc) is 2.38. The van der Waals surface area contributed by atoms with Crippen LogP contribution in [0.1, 0.15) is 19.3 Å². The molecule has 1 aliphatic rings. The fourth-order valence-corrected chi connectivity index (χ4v) is 2.65. The molecule has 7 heteroatoms. The number of esters is 1. The Labute approximate surface area is 119 Å². The van der Waals surface area contributed by atoms with E-state index in [-0.39, 0.29) is 37.0 Å². The van der Waals surface area contributed by atoms with Crippen molar-refractivity contribution in [1.82, 2.24) is 10.2 Å². The number of hydrogen-bond acceptors (Lipinski definition) is 6. The highest BCUT2D eigenvalue weighted by Crippen LogP contribution is 2.20. The van der Waals surface area contributed by atoms with E-state index >= 15 is 0 Å². The molecule has 0 aromatic rings. The number of nitrogens with one attached hydrogen (secondary N) is 1. The van der Waals surface area contributed by atoms with E-state index in [1.54, 1.807) is 0 Å². The number of carbonyl (C=O) groups is 2. The van der Waals surface area contributed by atoms with Crippen molar-refractivity contribution in [3.05, 3.63) is 0 Å². The fraction of sp³-hybridized carbons (Fsp3) is 0.846. The van der Waals surface area contributed by atoms with E-state index < -0.39 is 0 Å². The van der Waals surface area contributed by atoms with Crippen LogP contribution in [0.15, 0.2) is 0 Å². The molecule has 1 heterocycles. The van der Waals surface area contributed by atoms with E-state index in [1.807, 2.05) is 4.90 Å². The molecule has 0 bridgehead atoms. The van der Waals surface area contributed by atoms with Gasteiger partial charge in [0.25, 0.3) is 0 Å². The maximum absolute atomic E-state index is 11.4. The van der Waals surface area contributed by atoms with E-state index in [1.165, 1.54) is 7.11 Å². The Hall–Kier alpha value is -1.18. The maximum Gasteiger partial charge on any atom is 0.305 e. The summed E-state index contributed by atoms with van der Waals surface area (Å²) in [5, 5.41) is 12.1. The third-order valence-corrected chi connectivity index (χ3v) is 3.44. The third-order valence-electron chi connectivity index (χ3n) is 3.44. The summed E-state index contributed by atoms with van der Waals surface area (Å²) < 4.78 is 4.70. The van der Waals surface area contributed by atoms with Gasteiger partial charge in [-0.1, -0.05) is 0 Å². The van der Waals surface area contributed by atoms with Crippen LogP contribution in [0, 0.1) is 5.92 Å². The molecule has 1 saturated heterocycles. The van der Waals surface area contributed by atoms with Gasteiger partial charge >= 0.3 is 5.97 Å². The first-order valence-corrected chi connectivity index (χ1v) is 6.96. The lowest BCUT2D eigenvalue weighted by Gasteiger charge is -2.37. The minimum Gasteiger partial charge on any atom is -0.469 e. The molecule has 1 fully saturated rings. The second-order valence-electron chi connectivity index (χ2n) is 5.27. The molecular formula is C13H25N3O4. The molecule has 20 heavy (non-hydrogen) atoms. The van der Waals surface area contributed by atoms with Gasteiger partial charge in [0.2, 0.25) is 5.91 Å². The van der Waals surface area contributed by atoms with Crippen LogP contribution in [0.5, 0.6) is 0 Å². The lowest BCUT2D eigenvalue weighted by molar-refractivity contribution is -0.142. The predicted octanol–water partition coefficient (Wildman–Crippen LogP) is -1.30. The van der Waals surface area contributed by atoms with Gasteiger partial charge in [0.15, 0.2) is 0 Å². The highest BCUT2D eigenvalue weighted by Gasteiger charge is 2.29. The van der Waals surface area contributed by atoms with Crippen LogP contribution < -0.4 is 11.1 Å². The monoisotopic (exact) mass is 287 g/mol. The Kier molecular flexibility index (Phi) is 7.50. The number of carbonyl (C=O) groups excluding carboxylic acids is 2. The van der Waals surface area contributed by atoms with E-state index in [0.717, 1.165) is 19.5 Å². The zero-order valence-electron chi connectivity index (χ0n) is 12.0. The van der Waals surface area contributed by atoms with Crippen LogP contribution in [0.25, 0.3) is 0 Å². The molecule has 0 radical (unpaired) electrons. The number of hydrogen-bond donors (Lipinski definition) is 3. The van der Waals surface area contributed by atoms with Gasteiger partial charge in [0, 0.05) is 32.2 Å². The SMILES string of the molecule is COC(=O)CC1CC(NCCCO)CN(CC(N)=O)C1. The first-order valence-electron chi connectivity index (χ1n) is 6.96. The Morgan fingerprint density at radius 3 is 2.80 bits per heavy atom. The molecule has 1 rings (SSSR count). The summed E-state index contributed by atoms with van der Waals surface area (Å²) in [5.74, 6) is -0.440. The van der Waals surface area contributed by atoms with Crippen molar-refractivity contribution in [3.8, 4) is 0 Å². The molecule has 0 aromatic heterocycles. The summed E-state index contributed by atoms with van der Waals surface area (Å²) in [6, 6.07) is 0.198. The molecule has 0 aliphatic carbocycles. The lowest BCUT2D eigenvalue weighted by atomic mass is 9.91. The molecule has 1 aliphatic heterocycles. The molecule has 0 spiro atoms. The number of ether oxygens (including phenoxy) is 1. The minimum atomic E-state index is -0.363. The van der Waals surface area contributed by atoms with E-state index in [4.69, 9.17) is 15.6 Å². The quantitative estimate of drug-likeness (QED) is 0.378. The van der Waals surface area contributed by atoms with Gasteiger partial charge in [-0.15, -0.1) is 0 Å².